The summed E-state index contributed by atoms with van der Waals surface area (Å²) in [5.74, 6) is 1.42. The van der Waals surface area contributed by atoms with E-state index < -0.39 is 0 Å². The van der Waals surface area contributed by atoms with E-state index in [9.17, 15) is 4.79 Å². The molecule has 0 radical (unpaired) electrons. The molecular formula is C12H15BrClNOS. The van der Waals surface area contributed by atoms with Crippen LogP contribution in [-0.2, 0) is 0 Å². The van der Waals surface area contributed by atoms with Gasteiger partial charge in [-0.3, -0.25) is 4.79 Å². The SMILES string of the molecule is O=C(c1sccc1Br)N1CCCC(CCCl)C1. The minimum absolute atomic E-state index is 0.158. The number of carbonyl (C=O) groups is 1. The fraction of sp³-hybridized carbons (Fsp3) is 0.583. The first-order valence-electron chi connectivity index (χ1n) is 5.80. The number of alkyl halides is 1. The average Bonchev–Trinajstić information content (AvgIpc) is 2.75. The molecular weight excluding hydrogens is 322 g/mol. The van der Waals surface area contributed by atoms with Gasteiger partial charge in [-0.2, -0.15) is 0 Å². The van der Waals surface area contributed by atoms with Gasteiger partial charge < -0.3 is 4.90 Å². The van der Waals surface area contributed by atoms with Crippen LogP contribution in [0.4, 0.5) is 0 Å². The van der Waals surface area contributed by atoms with Crippen LogP contribution in [-0.4, -0.2) is 29.8 Å². The van der Waals surface area contributed by atoms with Crippen LogP contribution in [0, 0.1) is 5.92 Å². The number of likely N-dealkylation sites (tertiary alicyclic amines) is 1. The van der Waals surface area contributed by atoms with E-state index in [1.807, 2.05) is 16.3 Å². The van der Waals surface area contributed by atoms with Gasteiger partial charge in [-0.1, -0.05) is 0 Å². The minimum Gasteiger partial charge on any atom is -0.338 e. The summed E-state index contributed by atoms with van der Waals surface area (Å²) >= 11 is 10.7. The van der Waals surface area contributed by atoms with Gasteiger partial charge >= 0.3 is 0 Å². The fourth-order valence-corrected chi connectivity index (χ4v) is 4.05. The molecule has 1 aliphatic rings. The van der Waals surface area contributed by atoms with E-state index in [1.54, 1.807) is 0 Å². The summed E-state index contributed by atoms with van der Waals surface area (Å²) < 4.78 is 0.909. The molecule has 0 spiro atoms. The van der Waals surface area contributed by atoms with Crippen molar-refractivity contribution in [3.8, 4) is 0 Å². The van der Waals surface area contributed by atoms with Crippen LogP contribution in [0.15, 0.2) is 15.9 Å². The zero-order chi connectivity index (χ0) is 12.3. The van der Waals surface area contributed by atoms with Gasteiger partial charge in [0.15, 0.2) is 0 Å². The number of rotatable bonds is 3. The predicted octanol–water partition coefficient (Wildman–Crippen LogP) is 3.99. The third kappa shape index (κ3) is 3.24. The zero-order valence-electron chi connectivity index (χ0n) is 9.49. The summed E-state index contributed by atoms with van der Waals surface area (Å²) in [5, 5.41) is 1.94. The number of hydrogen-bond donors (Lipinski definition) is 0. The highest BCUT2D eigenvalue weighted by Crippen LogP contribution is 2.27. The summed E-state index contributed by atoms with van der Waals surface area (Å²) in [6.07, 6.45) is 3.30. The van der Waals surface area contributed by atoms with Crippen molar-refractivity contribution in [3.05, 3.63) is 20.8 Å². The Bertz CT molecular complexity index is 394. The minimum atomic E-state index is 0.158. The topological polar surface area (TPSA) is 20.3 Å². The Hall–Kier alpha value is -0.0600. The standard InChI is InChI=1S/C12H15BrClNOS/c13-10-4-7-17-11(10)12(16)15-6-1-2-9(8-15)3-5-14/h4,7,9H,1-3,5-6,8H2. The van der Waals surface area contributed by atoms with Gasteiger partial charge in [0.1, 0.15) is 4.88 Å². The van der Waals surface area contributed by atoms with Crippen molar-refractivity contribution in [1.29, 1.82) is 0 Å². The third-order valence-corrected chi connectivity index (χ3v) is 5.18. The van der Waals surface area contributed by atoms with Gasteiger partial charge in [0.2, 0.25) is 0 Å². The number of hydrogen-bond acceptors (Lipinski definition) is 2. The smallest absolute Gasteiger partial charge is 0.265 e. The van der Waals surface area contributed by atoms with Crippen LogP contribution in [0.2, 0.25) is 0 Å². The van der Waals surface area contributed by atoms with Crippen molar-refractivity contribution in [2.75, 3.05) is 19.0 Å². The van der Waals surface area contributed by atoms with Crippen molar-refractivity contribution < 1.29 is 4.79 Å². The molecule has 2 nitrogen and oxygen atoms in total. The molecule has 1 saturated heterocycles. The lowest BCUT2D eigenvalue weighted by Crippen LogP contribution is -2.39. The Morgan fingerprint density at radius 3 is 3.12 bits per heavy atom. The van der Waals surface area contributed by atoms with E-state index >= 15 is 0 Å². The molecule has 2 rings (SSSR count). The Kier molecular flexibility index (Phi) is 4.88. The maximum absolute atomic E-state index is 12.3. The van der Waals surface area contributed by atoms with Gasteiger partial charge in [0.25, 0.3) is 5.91 Å². The van der Waals surface area contributed by atoms with Crippen molar-refractivity contribution in [1.82, 2.24) is 4.90 Å². The molecule has 1 amide bonds. The van der Waals surface area contributed by atoms with Gasteiger partial charge in [-0.05, 0) is 52.6 Å². The zero-order valence-corrected chi connectivity index (χ0v) is 12.7. The molecule has 0 aliphatic carbocycles. The maximum atomic E-state index is 12.3. The number of carbonyl (C=O) groups excluding carboxylic acids is 1. The Morgan fingerprint density at radius 2 is 2.47 bits per heavy atom. The summed E-state index contributed by atoms with van der Waals surface area (Å²) in [6.45, 7) is 1.73. The van der Waals surface area contributed by atoms with Gasteiger partial charge in [0.05, 0.1) is 0 Å². The first-order valence-corrected chi connectivity index (χ1v) is 8.01. The van der Waals surface area contributed by atoms with Gasteiger partial charge in [-0.25, -0.2) is 0 Å². The number of nitrogens with zero attached hydrogens (tertiary/aromatic N) is 1. The Labute approximate surface area is 119 Å². The van der Waals surface area contributed by atoms with E-state index in [1.165, 1.54) is 17.8 Å². The molecule has 1 fully saturated rings. The molecule has 0 bridgehead atoms. The molecule has 1 aromatic rings. The summed E-state index contributed by atoms with van der Waals surface area (Å²) in [6, 6.07) is 1.93. The highest BCUT2D eigenvalue weighted by Gasteiger charge is 2.25. The number of piperidine rings is 1. The molecule has 17 heavy (non-hydrogen) atoms. The lowest BCUT2D eigenvalue weighted by molar-refractivity contribution is 0.0676. The van der Waals surface area contributed by atoms with E-state index in [2.05, 4.69) is 15.9 Å². The summed E-state index contributed by atoms with van der Waals surface area (Å²) in [4.78, 5) is 15.1. The van der Waals surface area contributed by atoms with E-state index in [0.29, 0.717) is 11.8 Å². The molecule has 1 atom stereocenters. The van der Waals surface area contributed by atoms with Crippen LogP contribution in [0.3, 0.4) is 0 Å². The Morgan fingerprint density at radius 1 is 1.65 bits per heavy atom. The number of amides is 1. The summed E-state index contributed by atoms with van der Waals surface area (Å²) in [7, 11) is 0. The second-order valence-electron chi connectivity index (χ2n) is 4.33. The molecule has 94 valence electrons. The fourth-order valence-electron chi connectivity index (χ4n) is 2.23. The van der Waals surface area contributed by atoms with E-state index in [4.69, 9.17) is 11.6 Å². The molecule has 2 heterocycles. The quantitative estimate of drug-likeness (QED) is 0.764. The lowest BCUT2D eigenvalue weighted by Gasteiger charge is -2.32. The second-order valence-corrected chi connectivity index (χ2v) is 6.48. The molecule has 0 saturated carbocycles. The van der Waals surface area contributed by atoms with Crippen LogP contribution in [0.25, 0.3) is 0 Å². The van der Waals surface area contributed by atoms with E-state index in [-0.39, 0.29) is 5.91 Å². The van der Waals surface area contributed by atoms with Gasteiger partial charge in [0, 0.05) is 23.4 Å². The Balaban J connectivity index is 2.02. The van der Waals surface area contributed by atoms with Crippen molar-refractivity contribution in [3.63, 3.8) is 0 Å². The van der Waals surface area contributed by atoms with Crippen LogP contribution in [0.5, 0.6) is 0 Å². The van der Waals surface area contributed by atoms with Gasteiger partial charge in [-0.15, -0.1) is 22.9 Å². The molecule has 1 unspecified atom stereocenters. The molecule has 1 aromatic heterocycles. The highest BCUT2D eigenvalue weighted by atomic mass is 79.9. The molecule has 5 heteroatoms. The summed E-state index contributed by atoms with van der Waals surface area (Å²) in [5.41, 5.74) is 0. The van der Waals surface area contributed by atoms with Crippen molar-refractivity contribution >= 4 is 44.8 Å². The monoisotopic (exact) mass is 335 g/mol. The molecule has 0 aromatic carbocycles. The van der Waals surface area contributed by atoms with Crippen molar-refractivity contribution in [2.24, 2.45) is 5.92 Å². The molecule has 1 aliphatic heterocycles. The highest BCUT2D eigenvalue weighted by molar-refractivity contribution is 9.10. The van der Waals surface area contributed by atoms with E-state index in [0.717, 1.165) is 35.3 Å². The number of halogens is 2. The maximum Gasteiger partial charge on any atom is 0.265 e. The predicted molar refractivity (Wildman–Crippen MR) is 76.0 cm³/mol. The second kappa shape index (κ2) is 6.21. The largest absolute Gasteiger partial charge is 0.338 e. The average molecular weight is 337 g/mol. The van der Waals surface area contributed by atoms with Crippen molar-refractivity contribution in [2.45, 2.75) is 19.3 Å². The van der Waals surface area contributed by atoms with Crippen LogP contribution >= 0.6 is 38.9 Å². The van der Waals surface area contributed by atoms with Crippen LogP contribution in [0.1, 0.15) is 28.9 Å². The first kappa shape index (κ1) is 13.4. The first-order chi connectivity index (χ1) is 8.22. The molecule has 0 N–H and O–H groups in total. The third-order valence-electron chi connectivity index (χ3n) is 3.13. The lowest BCUT2D eigenvalue weighted by atomic mass is 9.95. The normalized spacial score (nSPS) is 20.6. The van der Waals surface area contributed by atoms with Crippen LogP contribution < -0.4 is 0 Å². The number of thiophene rings is 1.